The number of carbonyl (C=O) groups is 2. The third-order valence-corrected chi connectivity index (χ3v) is 5.64. The molecule has 0 saturated carbocycles. The zero-order valence-electron chi connectivity index (χ0n) is 14.9. The Labute approximate surface area is 161 Å². The van der Waals surface area contributed by atoms with Crippen LogP contribution in [0.2, 0.25) is 0 Å². The maximum absolute atomic E-state index is 12.6. The van der Waals surface area contributed by atoms with Gasteiger partial charge in [-0.3, -0.25) is 9.59 Å². The van der Waals surface area contributed by atoms with Crippen molar-refractivity contribution in [1.82, 2.24) is 0 Å². The molecule has 1 aliphatic carbocycles. The van der Waals surface area contributed by atoms with Gasteiger partial charge in [0, 0.05) is 4.88 Å². The van der Waals surface area contributed by atoms with Crippen LogP contribution in [0.4, 0.5) is 5.00 Å². The largest absolute Gasteiger partial charge is 0.497 e. The topological polar surface area (TPSA) is 105 Å². The molecular weight excluding hydrogens is 362 g/mol. The monoisotopic (exact) mass is 381 g/mol. The van der Waals surface area contributed by atoms with Crippen LogP contribution in [-0.4, -0.2) is 18.9 Å². The molecule has 6 nitrogen and oxygen atoms in total. The smallest absolute Gasteiger partial charge is 0.266 e. The molecule has 2 aromatic rings. The van der Waals surface area contributed by atoms with Crippen molar-refractivity contribution >= 4 is 34.2 Å². The summed E-state index contributed by atoms with van der Waals surface area (Å²) in [6, 6.07) is 8.91. The van der Waals surface area contributed by atoms with E-state index >= 15 is 0 Å². The maximum Gasteiger partial charge on any atom is 0.266 e. The van der Waals surface area contributed by atoms with Gasteiger partial charge >= 0.3 is 0 Å². The van der Waals surface area contributed by atoms with Gasteiger partial charge in [-0.1, -0.05) is 12.1 Å². The summed E-state index contributed by atoms with van der Waals surface area (Å²) >= 11 is 1.37. The number of amides is 2. The highest BCUT2D eigenvalue weighted by molar-refractivity contribution is 7.17. The summed E-state index contributed by atoms with van der Waals surface area (Å²) in [7, 11) is 1.57. The number of primary amides is 1. The molecule has 1 aromatic carbocycles. The van der Waals surface area contributed by atoms with Crippen LogP contribution in [-0.2, 0) is 17.6 Å². The lowest BCUT2D eigenvalue weighted by Crippen LogP contribution is -2.19. The zero-order valence-corrected chi connectivity index (χ0v) is 15.7. The van der Waals surface area contributed by atoms with E-state index in [2.05, 4.69) is 5.32 Å². The normalized spacial score (nSPS) is 13.4. The first kappa shape index (κ1) is 18.7. The fraction of sp³-hybridized carbons (Fsp3) is 0.250. The molecule has 0 aliphatic heterocycles. The van der Waals surface area contributed by atoms with Crippen LogP contribution in [0.1, 0.15) is 39.2 Å². The second-order valence-electron chi connectivity index (χ2n) is 6.18. The molecule has 0 fully saturated rings. The lowest BCUT2D eigenvalue weighted by Gasteiger charge is -2.11. The van der Waals surface area contributed by atoms with Crippen LogP contribution >= 0.6 is 11.3 Å². The number of carbonyl (C=O) groups excluding carboxylic acids is 2. The van der Waals surface area contributed by atoms with Crippen molar-refractivity contribution in [2.45, 2.75) is 25.7 Å². The van der Waals surface area contributed by atoms with Crippen molar-refractivity contribution in [1.29, 1.82) is 5.26 Å². The minimum Gasteiger partial charge on any atom is -0.497 e. The van der Waals surface area contributed by atoms with Gasteiger partial charge in [0.15, 0.2) is 0 Å². The van der Waals surface area contributed by atoms with E-state index in [0.717, 1.165) is 36.1 Å². The Morgan fingerprint density at radius 3 is 2.59 bits per heavy atom. The number of nitrogens with two attached hydrogens (primary N) is 1. The number of aryl methyl sites for hydroxylation is 1. The van der Waals surface area contributed by atoms with Crippen LogP contribution < -0.4 is 15.8 Å². The Morgan fingerprint density at radius 2 is 1.96 bits per heavy atom. The minimum atomic E-state index is -0.561. The molecule has 0 bridgehead atoms. The number of nitrogens with one attached hydrogen (secondary N) is 1. The number of hydrogen-bond donors (Lipinski definition) is 2. The van der Waals surface area contributed by atoms with Crippen LogP contribution in [0.15, 0.2) is 29.8 Å². The summed E-state index contributed by atoms with van der Waals surface area (Å²) in [5, 5.41) is 12.5. The van der Waals surface area contributed by atoms with Crippen molar-refractivity contribution in [3.63, 3.8) is 0 Å². The lowest BCUT2D eigenvalue weighted by molar-refractivity contribution is -0.112. The molecular formula is C20H19N3O3S. The second-order valence-corrected chi connectivity index (χ2v) is 7.28. The van der Waals surface area contributed by atoms with E-state index in [4.69, 9.17) is 10.5 Å². The molecule has 138 valence electrons. The number of nitrogens with zero attached hydrogens (tertiary/aromatic N) is 1. The molecule has 0 unspecified atom stereocenters. The third-order valence-electron chi connectivity index (χ3n) is 4.44. The highest BCUT2D eigenvalue weighted by Gasteiger charge is 2.25. The summed E-state index contributed by atoms with van der Waals surface area (Å²) in [5.41, 5.74) is 7.50. The van der Waals surface area contributed by atoms with Crippen molar-refractivity contribution in [2.24, 2.45) is 5.73 Å². The number of thiophene rings is 1. The van der Waals surface area contributed by atoms with Gasteiger partial charge < -0.3 is 15.8 Å². The number of hydrogen-bond acceptors (Lipinski definition) is 5. The highest BCUT2D eigenvalue weighted by atomic mass is 32.1. The van der Waals surface area contributed by atoms with Gasteiger partial charge in [0.25, 0.3) is 11.8 Å². The number of benzene rings is 1. The Hall–Kier alpha value is -3.11. The van der Waals surface area contributed by atoms with Gasteiger partial charge in [-0.15, -0.1) is 11.3 Å². The van der Waals surface area contributed by atoms with E-state index < -0.39 is 11.8 Å². The van der Waals surface area contributed by atoms with E-state index in [1.807, 2.05) is 6.07 Å². The molecule has 3 rings (SSSR count). The van der Waals surface area contributed by atoms with Crippen LogP contribution in [0.25, 0.3) is 6.08 Å². The van der Waals surface area contributed by atoms with Gasteiger partial charge in [0.2, 0.25) is 0 Å². The molecule has 0 saturated heterocycles. The first-order valence-corrected chi connectivity index (χ1v) is 9.36. The fourth-order valence-corrected chi connectivity index (χ4v) is 4.39. The van der Waals surface area contributed by atoms with Crippen molar-refractivity contribution < 1.29 is 14.3 Å². The van der Waals surface area contributed by atoms with Gasteiger partial charge in [0.05, 0.1) is 12.7 Å². The average molecular weight is 381 g/mol. The van der Waals surface area contributed by atoms with Gasteiger partial charge in [0.1, 0.15) is 22.4 Å². The number of anilines is 1. The Kier molecular flexibility index (Phi) is 5.57. The van der Waals surface area contributed by atoms with Gasteiger partial charge in [-0.25, -0.2) is 0 Å². The summed E-state index contributed by atoms with van der Waals surface area (Å²) < 4.78 is 5.09. The number of methoxy groups -OCH3 is 1. The van der Waals surface area contributed by atoms with Gasteiger partial charge in [-0.2, -0.15) is 5.26 Å². The second kappa shape index (κ2) is 8.06. The van der Waals surface area contributed by atoms with E-state index in [0.29, 0.717) is 21.9 Å². The van der Waals surface area contributed by atoms with E-state index in [-0.39, 0.29) is 5.57 Å². The molecule has 3 N–H and O–H groups in total. The molecule has 0 spiro atoms. The third kappa shape index (κ3) is 4.01. The SMILES string of the molecule is COc1ccc(C=C(C#N)C(=O)Nc2sc3c(c2C(N)=O)CCCC3)cc1. The standard InChI is InChI=1S/C20H19N3O3S/c1-26-14-8-6-12(7-9-14)10-13(11-21)19(25)23-20-17(18(22)24)15-4-2-3-5-16(15)27-20/h6-10H,2-5H2,1H3,(H2,22,24)(H,23,25). The van der Waals surface area contributed by atoms with Crippen molar-refractivity contribution in [2.75, 3.05) is 12.4 Å². The van der Waals surface area contributed by atoms with Crippen LogP contribution in [0, 0.1) is 11.3 Å². The Morgan fingerprint density at radius 1 is 1.26 bits per heavy atom. The first-order chi connectivity index (χ1) is 13.0. The predicted molar refractivity (Wildman–Crippen MR) is 105 cm³/mol. The number of ether oxygens (including phenoxy) is 1. The summed E-state index contributed by atoms with van der Waals surface area (Å²) in [6.45, 7) is 0. The fourth-order valence-electron chi connectivity index (χ4n) is 3.10. The quantitative estimate of drug-likeness (QED) is 0.612. The maximum atomic E-state index is 12.6. The molecule has 7 heteroatoms. The highest BCUT2D eigenvalue weighted by Crippen LogP contribution is 2.38. The predicted octanol–water partition coefficient (Wildman–Crippen LogP) is 3.28. The molecule has 1 aromatic heterocycles. The summed E-state index contributed by atoms with van der Waals surface area (Å²) in [4.78, 5) is 25.6. The number of nitriles is 1. The van der Waals surface area contributed by atoms with Crippen LogP contribution in [0.5, 0.6) is 5.75 Å². The van der Waals surface area contributed by atoms with Crippen molar-refractivity contribution in [3.05, 3.63) is 51.4 Å². The van der Waals surface area contributed by atoms with Crippen LogP contribution in [0.3, 0.4) is 0 Å². The molecule has 1 aliphatic rings. The number of fused-ring (bicyclic) bond motifs is 1. The lowest BCUT2D eigenvalue weighted by atomic mass is 9.95. The molecule has 0 atom stereocenters. The number of rotatable bonds is 5. The molecule has 2 amide bonds. The van der Waals surface area contributed by atoms with E-state index in [1.165, 1.54) is 17.4 Å². The van der Waals surface area contributed by atoms with Gasteiger partial charge in [-0.05, 0) is 55.0 Å². The summed E-state index contributed by atoms with van der Waals surface area (Å²) in [5.74, 6) is -0.429. The Balaban J connectivity index is 1.87. The molecule has 27 heavy (non-hydrogen) atoms. The summed E-state index contributed by atoms with van der Waals surface area (Å²) in [6.07, 6.45) is 5.21. The zero-order chi connectivity index (χ0) is 19.4. The molecule has 0 radical (unpaired) electrons. The average Bonchev–Trinajstić information content (AvgIpc) is 3.04. The molecule has 1 heterocycles. The van der Waals surface area contributed by atoms with E-state index in [9.17, 15) is 14.9 Å². The Bertz CT molecular complexity index is 952. The van der Waals surface area contributed by atoms with Crippen molar-refractivity contribution in [3.8, 4) is 11.8 Å². The first-order valence-electron chi connectivity index (χ1n) is 8.55. The minimum absolute atomic E-state index is 0.0537. The van der Waals surface area contributed by atoms with E-state index in [1.54, 1.807) is 31.4 Å².